The summed E-state index contributed by atoms with van der Waals surface area (Å²) >= 11 is 0. The number of rotatable bonds is 10. The highest BCUT2D eigenvalue weighted by atomic mass is 32.2. The number of alkyl halides is 2. The normalized spacial score (nSPS) is 12.1. The first-order chi connectivity index (χ1) is 17.1. The summed E-state index contributed by atoms with van der Waals surface area (Å²) in [5.74, 6) is -0.406. The Morgan fingerprint density at radius 3 is 2.11 bits per heavy atom. The fourth-order valence-electron chi connectivity index (χ4n) is 3.35. The van der Waals surface area contributed by atoms with Crippen LogP contribution in [0.2, 0.25) is 0 Å². The second kappa shape index (κ2) is 11.9. The lowest BCUT2D eigenvalue weighted by Gasteiger charge is -2.17. The molecule has 36 heavy (non-hydrogen) atoms. The predicted molar refractivity (Wildman–Crippen MR) is 134 cm³/mol. The molecule has 3 aromatic rings. The number of nitrogens with one attached hydrogen (secondary N) is 1. The van der Waals surface area contributed by atoms with Gasteiger partial charge in [-0.1, -0.05) is 36.8 Å². The molecule has 0 radical (unpaired) electrons. The molecule has 0 heterocycles. The molecule has 7 nitrogen and oxygen atoms in total. The van der Waals surface area contributed by atoms with Gasteiger partial charge in [0.1, 0.15) is 5.75 Å². The maximum absolute atomic E-state index is 12.8. The van der Waals surface area contributed by atoms with Crippen molar-refractivity contribution >= 4 is 21.6 Å². The molecule has 0 unspecified atom stereocenters. The standard InChI is InChI=1S/C26H27F2N3O4S/c1-4-24(20-11-13-22(14-12-20)35-26(27)28)29-30-25(32)21-9-7-19(8-10-21)17-31(3)36(33,34)23-15-5-18(2)6-16-23/h5-16,26H,4,17H2,1-3H3,(H,30,32)/b29-24-. The third kappa shape index (κ3) is 6.96. The summed E-state index contributed by atoms with van der Waals surface area (Å²) in [6.07, 6.45) is 0.496. The van der Waals surface area contributed by atoms with Crippen LogP contribution < -0.4 is 10.2 Å². The molecule has 0 saturated carbocycles. The monoisotopic (exact) mass is 515 g/mol. The molecule has 10 heteroatoms. The third-order valence-corrected chi connectivity index (χ3v) is 7.21. The Kier molecular flexibility index (Phi) is 8.89. The zero-order chi connectivity index (χ0) is 26.3. The fourth-order valence-corrected chi connectivity index (χ4v) is 4.51. The van der Waals surface area contributed by atoms with Gasteiger partial charge in [-0.25, -0.2) is 13.8 Å². The van der Waals surface area contributed by atoms with Gasteiger partial charge >= 0.3 is 6.61 Å². The van der Waals surface area contributed by atoms with Crippen molar-refractivity contribution in [2.24, 2.45) is 5.10 Å². The molecule has 0 aliphatic heterocycles. The van der Waals surface area contributed by atoms with E-state index in [0.29, 0.717) is 28.8 Å². The van der Waals surface area contributed by atoms with Crippen molar-refractivity contribution < 1.29 is 26.7 Å². The zero-order valence-electron chi connectivity index (χ0n) is 20.1. The van der Waals surface area contributed by atoms with Gasteiger partial charge in [-0.15, -0.1) is 0 Å². The summed E-state index contributed by atoms with van der Waals surface area (Å²) in [4.78, 5) is 12.8. The topological polar surface area (TPSA) is 88.1 Å². The van der Waals surface area contributed by atoms with Crippen LogP contribution in [0.25, 0.3) is 0 Å². The highest BCUT2D eigenvalue weighted by Crippen LogP contribution is 2.18. The van der Waals surface area contributed by atoms with Gasteiger partial charge < -0.3 is 4.74 Å². The minimum atomic E-state index is -3.65. The number of ether oxygens (including phenoxy) is 1. The summed E-state index contributed by atoms with van der Waals surface area (Å²) in [6, 6.07) is 19.2. The number of hydrogen-bond donors (Lipinski definition) is 1. The van der Waals surface area contributed by atoms with Gasteiger partial charge in [0, 0.05) is 19.2 Å². The SMILES string of the molecule is CC/C(=N/NC(=O)c1ccc(CN(C)S(=O)(=O)c2ccc(C)cc2)cc1)c1ccc(OC(F)F)cc1. The van der Waals surface area contributed by atoms with Crippen molar-refractivity contribution in [3.63, 3.8) is 0 Å². The lowest BCUT2D eigenvalue weighted by molar-refractivity contribution is -0.0498. The van der Waals surface area contributed by atoms with Gasteiger partial charge in [0.05, 0.1) is 10.6 Å². The molecule has 0 spiro atoms. The number of nitrogens with zero attached hydrogens (tertiary/aromatic N) is 2. The third-order valence-electron chi connectivity index (χ3n) is 5.39. The Labute approximate surface area is 209 Å². The Balaban J connectivity index is 1.63. The van der Waals surface area contributed by atoms with E-state index < -0.39 is 22.5 Å². The molecule has 1 N–H and O–H groups in total. The highest BCUT2D eigenvalue weighted by Gasteiger charge is 2.20. The van der Waals surface area contributed by atoms with Gasteiger partial charge in [-0.3, -0.25) is 4.79 Å². The summed E-state index contributed by atoms with van der Waals surface area (Å²) in [6.45, 7) is 0.975. The summed E-state index contributed by atoms with van der Waals surface area (Å²) in [5.41, 5.74) is 5.76. The quantitative estimate of drug-likeness (QED) is 0.305. The Morgan fingerprint density at radius 2 is 1.56 bits per heavy atom. The van der Waals surface area contributed by atoms with Crippen LogP contribution in [0.4, 0.5) is 8.78 Å². The largest absolute Gasteiger partial charge is 0.435 e. The van der Waals surface area contributed by atoms with Crippen molar-refractivity contribution in [3.8, 4) is 5.75 Å². The van der Waals surface area contributed by atoms with E-state index in [2.05, 4.69) is 15.3 Å². The maximum Gasteiger partial charge on any atom is 0.387 e. The smallest absolute Gasteiger partial charge is 0.387 e. The summed E-state index contributed by atoms with van der Waals surface area (Å²) in [5, 5.41) is 4.16. The average Bonchev–Trinajstić information content (AvgIpc) is 2.85. The molecule has 0 fully saturated rings. The van der Waals surface area contributed by atoms with Crippen molar-refractivity contribution in [1.82, 2.24) is 9.73 Å². The van der Waals surface area contributed by atoms with Crippen LogP contribution >= 0.6 is 0 Å². The average molecular weight is 516 g/mol. The number of amides is 1. The van der Waals surface area contributed by atoms with Crippen LogP contribution in [-0.2, 0) is 16.6 Å². The second-order valence-corrected chi connectivity index (χ2v) is 10.1. The van der Waals surface area contributed by atoms with E-state index in [4.69, 9.17) is 0 Å². The van der Waals surface area contributed by atoms with E-state index in [-0.39, 0.29) is 17.2 Å². The van der Waals surface area contributed by atoms with Gasteiger partial charge in [0.25, 0.3) is 5.91 Å². The van der Waals surface area contributed by atoms with E-state index in [9.17, 15) is 22.0 Å². The molecular weight excluding hydrogens is 488 g/mol. The van der Waals surface area contributed by atoms with Crippen LogP contribution in [-0.4, -0.2) is 38.0 Å². The Hall–Kier alpha value is -3.63. The number of benzene rings is 3. The molecule has 3 aromatic carbocycles. The van der Waals surface area contributed by atoms with E-state index >= 15 is 0 Å². The van der Waals surface area contributed by atoms with E-state index in [0.717, 1.165) is 5.56 Å². The Morgan fingerprint density at radius 1 is 0.972 bits per heavy atom. The van der Waals surface area contributed by atoms with Gasteiger partial charge in [0.2, 0.25) is 10.0 Å². The lowest BCUT2D eigenvalue weighted by Crippen LogP contribution is -2.26. The van der Waals surface area contributed by atoms with Crippen LogP contribution in [0.3, 0.4) is 0 Å². The lowest BCUT2D eigenvalue weighted by atomic mass is 10.1. The van der Waals surface area contributed by atoms with E-state index in [1.54, 1.807) is 60.7 Å². The molecule has 1 amide bonds. The van der Waals surface area contributed by atoms with Crippen molar-refractivity contribution in [2.45, 2.75) is 38.3 Å². The molecule has 190 valence electrons. The van der Waals surface area contributed by atoms with Crippen LogP contribution in [0.1, 0.15) is 40.4 Å². The molecular formula is C26H27F2N3O4S. The molecule has 0 atom stereocenters. The number of hydrazone groups is 1. The maximum atomic E-state index is 12.8. The second-order valence-electron chi connectivity index (χ2n) is 8.03. The fraction of sp³-hybridized carbons (Fsp3) is 0.231. The van der Waals surface area contributed by atoms with Crippen LogP contribution in [0, 0.1) is 6.92 Å². The molecule has 0 aliphatic carbocycles. The van der Waals surface area contributed by atoms with Gasteiger partial charge in [-0.05, 0) is 73.0 Å². The first kappa shape index (κ1) is 27.0. The number of sulfonamides is 1. The number of carbonyl (C=O) groups is 1. The van der Waals surface area contributed by atoms with Gasteiger partial charge in [0.15, 0.2) is 0 Å². The van der Waals surface area contributed by atoms with Crippen LogP contribution in [0.15, 0.2) is 82.8 Å². The zero-order valence-corrected chi connectivity index (χ0v) is 20.9. The molecule has 0 saturated heterocycles. The molecule has 0 aromatic heterocycles. The minimum absolute atomic E-state index is 0.0330. The summed E-state index contributed by atoms with van der Waals surface area (Å²) < 4.78 is 55.8. The number of hydrogen-bond acceptors (Lipinski definition) is 5. The minimum Gasteiger partial charge on any atom is -0.435 e. The van der Waals surface area contributed by atoms with Crippen molar-refractivity contribution in [3.05, 3.63) is 95.1 Å². The van der Waals surface area contributed by atoms with Crippen molar-refractivity contribution in [2.75, 3.05) is 7.05 Å². The number of carbonyl (C=O) groups excluding carboxylic acids is 1. The molecule has 0 aliphatic rings. The van der Waals surface area contributed by atoms with E-state index in [1.807, 2.05) is 13.8 Å². The first-order valence-corrected chi connectivity index (χ1v) is 12.6. The predicted octanol–water partition coefficient (Wildman–Crippen LogP) is 4.96. The number of aryl methyl sites for hydroxylation is 1. The van der Waals surface area contributed by atoms with Crippen LogP contribution in [0.5, 0.6) is 5.75 Å². The highest BCUT2D eigenvalue weighted by molar-refractivity contribution is 7.89. The molecule has 0 bridgehead atoms. The summed E-state index contributed by atoms with van der Waals surface area (Å²) in [7, 11) is -2.14. The van der Waals surface area contributed by atoms with Gasteiger partial charge in [-0.2, -0.15) is 18.2 Å². The first-order valence-electron chi connectivity index (χ1n) is 11.1. The number of halogens is 2. The van der Waals surface area contributed by atoms with E-state index in [1.165, 1.54) is 23.5 Å². The molecule has 3 rings (SSSR count). The Bertz CT molecular complexity index is 1310. The van der Waals surface area contributed by atoms with Crippen molar-refractivity contribution in [1.29, 1.82) is 0 Å².